The highest BCUT2D eigenvalue weighted by molar-refractivity contribution is 9.10. The summed E-state index contributed by atoms with van der Waals surface area (Å²) >= 11 is 3.40. The Kier molecular flexibility index (Phi) is 4.74. The van der Waals surface area contributed by atoms with Crippen LogP contribution in [0, 0.1) is 5.82 Å². The number of benzene rings is 1. The van der Waals surface area contributed by atoms with Crippen molar-refractivity contribution in [3.63, 3.8) is 0 Å². The van der Waals surface area contributed by atoms with Crippen molar-refractivity contribution in [3.8, 4) is 5.88 Å². The largest absolute Gasteiger partial charge is 0.476 e. The summed E-state index contributed by atoms with van der Waals surface area (Å²) in [5.41, 5.74) is 1.63. The molecule has 1 N–H and O–H groups in total. The predicted molar refractivity (Wildman–Crippen MR) is 76.8 cm³/mol. The second-order valence-electron chi connectivity index (χ2n) is 3.88. The zero-order valence-corrected chi connectivity index (χ0v) is 12.1. The molecule has 0 unspecified atom stereocenters. The van der Waals surface area contributed by atoms with Gasteiger partial charge in [0.25, 0.3) is 0 Å². The standard InChI is InChI=1S/C14H14BrFN2O/c1-2-19-14-13(4-3-7-17-14)18-9-10-8-11(16)5-6-12(10)15/h3-8,18H,2,9H2,1H3. The first kappa shape index (κ1) is 13.8. The van der Waals surface area contributed by atoms with E-state index in [1.165, 1.54) is 12.1 Å². The molecule has 3 nitrogen and oxygen atoms in total. The van der Waals surface area contributed by atoms with E-state index in [0.29, 0.717) is 19.0 Å². The SMILES string of the molecule is CCOc1ncccc1NCc1cc(F)ccc1Br. The summed E-state index contributed by atoms with van der Waals surface area (Å²) in [7, 11) is 0. The van der Waals surface area contributed by atoms with Gasteiger partial charge in [0, 0.05) is 17.2 Å². The maximum atomic E-state index is 13.2. The van der Waals surface area contributed by atoms with Crippen LogP contribution in [0.2, 0.25) is 0 Å². The molecule has 100 valence electrons. The summed E-state index contributed by atoms with van der Waals surface area (Å²) in [6.07, 6.45) is 1.67. The molecule has 5 heteroatoms. The number of anilines is 1. The molecule has 1 heterocycles. The number of aromatic nitrogens is 1. The van der Waals surface area contributed by atoms with E-state index < -0.39 is 0 Å². The van der Waals surface area contributed by atoms with Crippen molar-refractivity contribution in [3.05, 3.63) is 52.4 Å². The Morgan fingerprint density at radius 1 is 1.37 bits per heavy atom. The molecule has 19 heavy (non-hydrogen) atoms. The van der Waals surface area contributed by atoms with Crippen molar-refractivity contribution in [2.75, 3.05) is 11.9 Å². The van der Waals surface area contributed by atoms with E-state index in [9.17, 15) is 4.39 Å². The van der Waals surface area contributed by atoms with E-state index in [0.717, 1.165) is 15.7 Å². The fourth-order valence-electron chi connectivity index (χ4n) is 1.65. The molecule has 0 saturated carbocycles. The lowest BCUT2D eigenvalue weighted by atomic mass is 10.2. The number of hydrogen-bond donors (Lipinski definition) is 1. The van der Waals surface area contributed by atoms with Crippen LogP contribution in [0.15, 0.2) is 41.0 Å². The highest BCUT2D eigenvalue weighted by Crippen LogP contribution is 2.23. The first-order valence-electron chi connectivity index (χ1n) is 5.96. The maximum Gasteiger partial charge on any atom is 0.237 e. The molecule has 1 aromatic carbocycles. The first-order chi connectivity index (χ1) is 9.20. The topological polar surface area (TPSA) is 34.1 Å². The highest BCUT2D eigenvalue weighted by Gasteiger charge is 2.06. The molecule has 0 fully saturated rings. The molecule has 0 atom stereocenters. The molecular weight excluding hydrogens is 311 g/mol. The average Bonchev–Trinajstić information content (AvgIpc) is 2.42. The van der Waals surface area contributed by atoms with E-state index in [1.807, 2.05) is 19.1 Å². The Balaban J connectivity index is 2.12. The zero-order chi connectivity index (χ0) is 13.7. The molecule has 0 saturated heterocycles. The Morgan fingerprint density at radius 3 is 3.00 bits per heavy atom. The first-order valence-corrected chi connectivity index (χ1v) is 6.75. The molecule has 0 amide bonds. The highest BCUT2D eigenvalue weighted by atomic mass is 79.9. The van der Waals surface area contributed by atoms with Gasteiger partial charge in [-0.3, -0.25) is 0 Å². The van der Waals surface area contributed by atoms with Crippen molar-refractivity contribution in [2.24, 2.45) is 0 Å². The Hall–Kier alpha value is -1.62. The Bertz CT molecular complexity index is 563. The van der Waals surface area contributed by atoms with Gasteiger partial charge in [0.05, 0.1) is 12.3 Å². The van der Waals surface area contributed by atoms with Crippen molar-refractivity contribution < 1.29 is 9.13 Å². The van der Waals surface area contributed by atoms with Crippen LogP contribution in [0.3, 0.4) is 0 Å². The van der Waals surface area contributed by atoms with E-state index in [2.05, 4.69) is 26.2 Å². The minimum atomic E-state index is -0.254. The minimum Gasteiger partial charge on any atom is -0.476 e. The molecule has 0 aliphatic rings. The summed E-state index contributed by atoms with van der Waals surface area (Å²) in [6, 6.07) is 8.31. The molecule has 1 aromatic heterocycles. The minimum absolute atomic E-state index is 0.254. The van der Waals surface area contributed by atoms with Crippen LogP contribution in [-0.2, 0) is 6.54 Å². The van der Waals surface area contributed by atoms with Gasteiger partial charge >= 0.3 is 0 Å². The third-order valence-corrected chi connectivity index (χ3v) is 3.30. The van der Waals surface area contributed by atoms with Crippen molar-refractivity contribution in [1.29, 1.82) is 0 Å². The number of ether oxygens (including phenoxy) is 1. The number of rotatable bonds is 5. The number of halogens is 2. The molecule has 0 radical (unpaired) electrons. The molecule has 0 aliphatic carbocycles. The fourth-order valence-corrected chi connectivity index (χ4v) is 2.03. The monoisotopic (exact) mass is 324 g/mol. The fraction of sp³-hybridized carbons (Fsp3) is 0.214. The molecule has 0 aliphatic heterocycles. The van der Waals surface area contributed by atoms with Gasteiger partial charge in [-0.25, -0.2) is 9.37 Å². The van der Waals surface area contributed by atoms with Gasteiger partial charge in [-0.05, 0) is 42.8 Å². The van der Waals surface area contributed by atoms with Gasteiger partial charge in [0.2, 0.25) is 5.88 Å². The van der Waals surface area contributed by atoms with Crippen LogP contribution >= 0.6 is 15.9 Å². The normalized spacial score (nSPS) is 10.3. The van der Waals surface area contributed by atoms with Crippen LogP contribution in [-0.4, -0.2) is 11.6 Å². The Morgan fingerprint density at radius 2 is 2.21 bits per heavy atom. The molecule has 2 aromatic rings. The maximum absolute atomic E-state index is 13.2. The van der Waals surface area contributed by atoms with E-state index in [1.54, 1.807) is 12.3 Å². The van der Waals surface area contributed by atoms with Crippen LogP contribution in [0.4, 0.5) is 10.1 Å². The molecule has 0 bridgehead atoms. The predicted octanol–water partition coefficient (Wildman–Crippen LogP) is 3.99. The summed E-state index contributed by atoms with van der Waals surface area (Å²) in [4.78, 5) is 4.15. The second kappa shape index (κ2) is 6.52. The summed E-state index contributed by atoms with van der Waals surface area (Å²) in [5.74, 6) is 0.300. The summed E-state index contributed by atoms with van der Waals surface area (Å²) in [6.45, 7) is 2.95. The number of nitrogens with zero attached hydrogens (tertiary/aromatic N) is 1. The van der Waals surface area contributed by atoms with Gasteiger partial charge in [0.15, 0.2) is 0 Å². The lowest BCUT2D eigenvalue weighted by molar-refractivity contribution is 0.328. The van der Waals surface area contributed by atoms with Crippen molar-refractivity contribution in [1.82, 2.24) is 4.98 Å². The zero-order valence-electron chi connectivity index (χ0n) is 10.5. The number of pyridine rings is 1. The van der Waals surface area contributed by atoms with Gasteiger partial charge in [-0.1, -0.05) is 15.9 Å². The van der Waals surface area contributed by atoms with Gasteiger partial charge in [0.1, 0.15) is 5.82 Å². The molecule has 2 rings (SSSR count). The van der Waals surface area contributed by atoms with Crippen LogP contribution in [0.25, 0.3) is 0 Å². The van der Waals surface area contributed by atoms with E-state index in [4.69, 9.17) is 4.74 Å². The lowest BCUT2D eigenvalue weighted by Gasteiger charge is -2.11. The second-order valence-corrected chi connectivity index (χ2v) is 4.73. The van der Waals surface area contributed by atoms with Gasteiger partial charge < -0.3 is 10.1 Å². The summed E-state index contributed by atoms with van der Waals surface area (Å²) < 4.78 is 19.5. The number of nitrogens with one attached hydrogen (secondary N) is 1. The smallest absolute Gasteiger partial charge is 0.237 e. The lowest BCUT2D eigenvalue weighted by Crippen LogP contribution is -2.04. The summed E-state index contributed by atoms with van der Waals surface area (Å²) in [5, 5.41) is 3.20. The van der Waals surface area contributed by atoms with Crippen molar-refractivity contribution in [2.45, 2.75) is 13.5 Å². The van der Waals surface area contributed by atoms with Gasteiger partial charge in [-0.2, -0.15) is 0 Å². The van der Waals surface area contributed by atoms with Crippen LogP contribution in [0.5, 0.6) is 5.88 Å². The Labute approximate surface area is 119 Å². The van der Waals surface area contributed by atoms with Crippen molar-refractivity contribution >= 4 is 21.6 Å². The molecular formula is C14H14BrFN2O. The molecule has 0 spiro atoms. The van der Waals surface area contributed by atoms with Gasteiger partial charge in [-0.15, -0.1) is 0 Å². The average molecular weight is 325 g/mol. The quantitative estimate of drug-likeness (QED) is 0.902. The number of hydrogen-bond acceptors (Lipinski definition) is 3. The van der Waals surface area contributed by atoms with Crippen LogP contribution in [0.1, 0.15) is 12.5 Å². The third-order valence-electron chi connectivity index (χ3n) is 2.53. The third kappa shape index (κ3) is 3.67. The van der Waals surface area contributed by atoms with E-state index >= 15 is 0 Å². The van der Waals surface area contributed by atoms with E-state index in [-0.39, 0.29) is 5.82 Å². The van der Waals surface area contributed by atoms with Crippen LogP contribution < -0.4 is 10.1 Å².